The Morgan fingerprint density at radius 2 is 1.83 bits per heavy atom. The fourth-order valence-electron chi connectivity index (χ4n) is 3.02. The lowest BCUT2D eigenvalue weighted by Gasteiger charge is -2.19. The highest BCUT2D eigenvalue weighted by atomic mass is 32.2. The van der Waals surface area contributed by atoms with E-state index in [4.69, 9.17) is 0 Å². The molecular weight excluding hydrogens is 420 g/mol. The Kier molecular flexibility index (Phi) is 6.96. The molecule has 1 amide bonds. The van der Waals surface area contributed by atoms with Crippen LogP contribution in [-0.2, 0) is 16.6 Å². The molecule has 0 saturated heterocycles. The number of amides is 1. The number of nitrogens with one attached hydrogen (secondary N) is 1. The fourth-order valence-corrected chi connectivity index (χ4v) is 5.25. The van der Waals surface area contributed by atoms with Crippen molar-refractivity contribution in [2.45, 2.75) is 32.2 Å². The van der Waals surface area contributed by atoms with Crippen molar-refractivity contribution in [3.8, 4) is 11.3 Å². The van der Waals surface area contributed by atoms with Gasteiger partial charge in [-0.15, -0.1) is 11.3 Å². The van der Waals surface area contributed by atoms with Gasteiger partial charge in [0.2, 0.25) is 10.0 Å². The number of hydrogen-bond donors (Lipinski definition) is 1. The van der Waals surface area contributed by atoms with Gasteiger partial charge in [0.05, 0.1) is 17.1 Å². The summed E-state index contributed by atoms with van der Waals surface area (Å²) in [7, 11) is -3.63. The Morgan fingerprint density at radius 1 is 1.13 bits per heavy atom. The SMILES string of the molecule is CCN(CC)S(=O)(=O)c1ccc(C)c(C(=O)NCc2nc(-c3ccncc3)cs2)c1. The molecule has 0 unspecified atom stereocenters. The molecule has 3 rings (SSSR count). The largest absolute Gasteiger partial charge is 0.346 e. The van der Waals surface area contributed by atoms with Crippen molar-refractivity contribution < 1.29 is 13.2 Å². The van der Waals surface area contributed by atoms with Crippen molar-refractivity contribution in [3.05, 3.63) is 64.2 Å². The van der Waals surface area contributed by atoms with E-state index in [-0.39, 0.29) is 17.3 Å². The number of nitrogens with zero attached hydrogens (tertiary/aromatic N) is 3. The number of benzene rings is 1. The zero-order valence-corrected chi connectivity index (χ0v) is 18.8. The molecule has 0 aliphatic rings. The smallest absolute Gasteiger partial charge is 0.251 e. The van der Waals surface area contributed by atoms with E-state index in [0.29, 0.717) is 24.2 Å². The predicted molar refractivity (Wildman–Crippen MR) is 118 cm³/mol. The molecule has 2 aromatic heterocycles. The fraction of sp³-hybridized carbons (Fsp3) is 0.286. The first-order valence-corrected chi connectivity index (χ1v) is 11.9. The van der Waals surface area contributed by atoms with Crippen molar-refractivity contribution in [1.29, 1.82) is 0 Å². The van der Waals surface area contributed by atoms with E-state index in [1.807, 2.05) is 17.5 Å². The topological polar surface area (TPSA) is 92.3 Å². The van der Waals surface area contributed by atoms with Gasteiger partial charge in [-0.2, -0.15) is 4.31 Å². The maximum atomic E-state index is 12.8. The molecule has 158 valence electrons. The highest BCUT2D eigenvalue weighted by Crippen LogP contribution is 2.22. The van der Waals surface area contributed by atoms with Gasteiger partial charge in [0.15, 0.2) is 0 Å². The van der Waals surface area contributed by atoms with Crippen LogP contribution in [0.3, 0.4) is 0 Å². The minimum Gasteiger partial charge on any atom is -0.346 e. The van der Waals surface area contributed by atoms with Crippen LogP contribution in [0.2, 0.25) is 0 Å². The molecule has 0 bridgehead atoms. The average Bonchev–Trinajstić information content (AvgIpc) is 3.22. The monoisotopic (exact) mass is 444 g/mol. The van der Waals surface area contributed by atoms with Crippen molar-refractivity contribution in [2.24, 2.45) is 0 Å². The van der Waals surface area contributed by atoms with Crippen molar-refractivity contribution in [1.82, 2.24) is 19.6 Å². The van der Waals surface area contributed by atoms with Crippen LogP contribution >= 0.6 is 11.3 Å². The van der Waals surface area contributed by atoms with Crippen LogP contribution in [0.5, 0.6) is 0 Å². The van der Waals surface area contributed by atoms with Gasteiger partial charge in [-0.3, -0.25) is 9.78 Å². The minimum atomic E-state index is -3.63. The van der Waals surface area contributed by atoms with E-state index in [9.17, 15) is 13.2 Å². The van der Waals surface area contributed by atoms with E-state index in [0.717, 1.165) is 16.3 Å². The van der Waals surface area contributed by atoms with E-state index in [2.05, 4.69) is 15.3 Å². The molecule has 3 aromatic rings. The molecule has 0 spiro atoms. The second-order valence-electron chi connectivity index (χ2n) is 6.61. The number of carbonyl (C=O) groups excluding carboxylic acids is 1. The van der Waals surface area contributed by atoms with Crippen LogP contribution in [-0.4, -0.2) is 41.7 Å². The number of sulfonamides is 1. The number of rotatable bonds is 8. The van der Waals surface area contributed by atoms with Gasteiger partial charge in [0, 0.05) is 42.0 Å². The van der Waals surface area contributed by atoms with Crippen LogP contribution in [0.1, 0.15) is 34.8 Å². The third-order valence-electron chi connectivity index (χ3n) is 4.72. The van der Waals surface area contributed by atoms with E-state index in [1.165, 1.54) is 21.7 Å². The van der Waals surface area contributed by atoms with E-state index in [1.54, 1.807) is 45.3 Å². The quantitative estimate of drug-likeness (QED) is 0.574. The summed E-state index contributed by atoms with van der Waals surface area (Å²) in [6.07, 6.45) is 3.41. The third-order valence-corrected chi connectivity index (χ3v) is 7.62. The standard InChI is InChI=1S/C21H24N4O3S2/c1-4-25(5-2)30(27,28)17-7-6-15(3)18(12-17)21(26)23-13-20-24-19(14-29-20)16-8-10-22-11-9-16/h6-12,14H,4-5,13H2,1-3H3,(H,23,26). The summed E-state index contributed by atoms with van der Waals surface area (Å²) in [5.74, 6) is -0.329. The van der Waals surface area contributed by atoms with Gasteiger partial charge in [-0.05, 0) is 36.8 Å². The Balaban J connectivity index is 1.75. The predicted octanol–water partition coefficient (Wildman–Crippen LogP) is 3.47. The summed E-state index contributed by atoms with van der Waals surface area (Å²) in [6.45, 7) is 6.37. The molecule has 30 heavy (non-hydrogen) atoms. The van der Waals surface area contributed by atoms with Crippen LogP contribution in [0.4, 0.5) is 0 Å². The van der Waals surface area contributed by atoms with Crippen LogP contribution in [0.25, 0.3) is 11.3 Å². The number of thiazole rings is 1. The molecular formula is C21H24N4O3S2. The molecule has 0 atom stereocenters. The number of pyridine rings is 1. The Bertz CT molecular complexity index is 1120. The second-order valence-corrected chi connectivity index (χ2v) is 9.49. The first kappa shape index (κ1) is 22.1. The zero-order valence-electron chi connectivity index (χ0n) is 17.1. The van der Waals surface area contributed by atoms with Crippen LogP contribution in [0.15, 0.2) is 53.0 Å². The van der Waals surface area contributed by atoms with Crippen molar-refractivity contribution in [3.63, 3.8) is 0 Å². The van der Waals surface area contributed by atoms with Crippen molar-refractivity contribution >= 4 is 27.3 Å². The summed E-state index contributed by atoms with van der Waals surface area (Å²) in [5, 5.41) is 5.54. The Morgan fingerprint density at radius 3 is 2.50 bits per heavy atom. The lowest BCUT2D eigenvalue weighted by Crippen LogP contribution is -2.31. The van der Waals surface area contributed by atoms with Gasteiger partial charge in [-0.1, -0.05) is 19.9 Å². The summed E-state index contributed by atoms with van der Waals surface area (Å²) in [4.78, 5) is 21.4. The Labute approximate surface area is 180 Å². The first-order chi connectivity index (χ1) is 14.4. The maximum Gasteiger partial charge on any atom is 0.251 e. The van der Waals surface area contributed by atoms with Crippen molar-refractivity contribution in [2.75, 3.05) is 13.1 Å². The molecule has 0 aliphatic carbocycles. The second kappa shape index (κ2) is 9.46. The van der Waals surface area contributed by atoms with Gasteiger partial charge in [-0.25, -0.2) is 13.4 Å². The highest BCUT2D eigenvalue weighted by Gasteiger charge is 2.23. The molecule has 2 heterocycles. The molecule has 1 N–H and O–H groups in total. The number of aryl methyl sites for hydroxylation is 1. The first-order valence-electron chi connectivity index (χ1n) is 9.60. The summed E-state index contributed by atoms with van der Waals surface area (Å²) >= 11 is 1.45. The third kappa shape index (κ3) is 4.75. The number of carbonyl (C=O) groups is 1. The molecule has 9 heteroatoms. The van der Waals surface area contributed by atoms with Crippen LogP contribution < -0.4 is 5.32 Å². The average molecular weight is 445 g/mol. The lowest BCUT2D eigenvalue weighted by molar-refractivity contribution is 0.0950. The lowest BCUT2D eigenvalue weighted by atomic mass is 10.1. The molecule has 0 aliphatic heterocycles. The van der Waals surface area contributed by atoms with E-state index < -0.39 is 10.0 Å². The molecule has 7 nitrogen and oxygen atoms in total. The summed E-state index contributed by atoms with van der Waals surface area (Å²) in [6, 6.07) is 8.41. The van der Waals surface area contributed by atoms with Gasteiger partial charge >= 0.3 is 0 Å². The summed E-state index contributed by atoms with van der Waals surface area (Å²) < 4.78 is 26.9. The normalized spacial score (nSPS) is 11.6. The van der Waals surface area contributed by atoms with Gasteiger partial charge < -0.3 is 5.32 Å². The number of hydrogen-bond acceptors (Lipinski definition) is 6. The molecule has 1 aromatic carbocycles. The van der Waals surface area contributed by atoms with E-state index >= 15 is 0 Å². The molecule has 0 radical (unpaired) electrons. The molecule has 0 fully saturated rings. The zero-order chi connectivity index (χ0) is 21.7. The minimum absolute atomic E-state index is 0.121. The maximum absolute atomic E-state index is 12.8. The molecule has 0 saturated carbocycles. The Hall–Kier alpha value is -2.62. The summed E-state index contributed by atoms with van der Waals surface area (Å²) in [5.41, 5.74) is 2.84. The van der Waals surface area contributed by atoms with Gasteiger partial charge in [0.1, 0.15) is 5.01 Å². The van der Waals surface area contributed by atoms with Gasteiger partial charge in [0.25, 0.3) is 5.91 Å². The number of aromatic nitrogens is 2. The highest BCUT2D eigenvalue weighted by molar-refractivity contribution is 7.89. The van der Waals surface area contributed by atoms with Crippen LogP contribution in [0, 0.1) is 6.92 Å².